The van der Waals surface area contributed by atoms with E-state index in [9.17, 15) is 9.59 Å². The predicted molar refractivity (Wildman–Crippen MR) is 122 cm³/mol. The molecule has 0 spiro atoms. The molecular weight excluding hydrogens is 364 g/mol. The van der Waals surface area contributed by atoms with E-state index in [1.54, 1.807) is 0 Å². The molecule has 1 amide bonds. The number of nitrogens with two attached hydrogens (primary N) is 1. The van der Waals surface area contributed by atoms with Gasteiger partial charge < -0.3 is 15.8 Å². The zero-order valence-electron chi connectivity index (χ0n) is 19.5. The van der Waals surface area contributed by atoms with Crippen molar-refractivity contribution in [2.24, 2.45) is 5.73 Å². The van der Waals surface area contributed by atoms with Crippen molar-refractivity contribution < 1.29 is 14.3 Å². The van der Waals surface area contributed by atoms with Crippen molar-refractivity contribution in [3.05, 3.63) is 0 Å². The van der Waals surface area contributed by atoms with E-state index in [4.69, 9.17) is 10.5 Å². The van der Waals surface area contributed by atoms with E-state index in [0.29, 0.717) is 12.8 Å². The van der Waals surface area contributed by atoms with Crippen molar-refractivity contribution >= 4 is 11.9 Å². The maximum Gasteiger partial charge on any atom is 0.304 e. The number of carbonyl (C=O) groups is 2. The molecule has 0 bridgehead atoms. The highest BCUT2D eigenvalue weighted by Gasteiger charge is 2.31. The number of amides is 1. The van der Waals surface area contributed by atoms with Crippen LogP contribution in [0.15, 0.2) is 0 Å². The van der Waals surface area contributed by atoms with E-state index in [1.807, 2.05) is 6.92 Å². The Morgan fingerprint density at radius 1 is 0.759 bits per heavy atom. The van der Waals surface area contributed by atoms with Crippen LogP contribution in [0.25, 0.3) is 0 Å². The lowest BCUT2D eigenvalue weighted by atomic mass is 10.0. The fourth-order valence-electron chi connectivity index (χ4n) is 3.67. The third-order valence-corrected chi connectivity index (χ3v) is 5.61. The second-order valence-electron chi connectivity index (χ2n) is 8.39. The summed E-state index contributed by atoms with van der Waals surface area (Å²) in [6.07, 6.45) is 20.5. The van der Waals surface area contributed by atoms with Crippen molar-refractivity contribution in [3.8, 4) is 0 Å². The molecule has 0 aromatic rings. The van der Waals surface area contributed by atoms with Crippen LogP contribution in [0.2, 0.25) is 0 Å². The summed E-state index contributed by atoms with van der Waals surface area (Å²) in [5, 5.41) is 2.80. The van der Waals surface area contributed by atoms with Crippen LogP contribution in [0.1, 0.15) is 130 Å². The van der Waals surface area contributed by atoms with Crippen LogP contribution >= 0.6 is 0 Å². The lowest BCUT2D eigenvalue weighted by Gasteiger charge is -2.31. The molecule has 172 valence electrons. The number of nitrogens with one attached hydrogen (secondary N) is 1. The minimum atomic E-state index is -1.06. The fraction of sp³-hybridized carbons (Fsp3) is 0.917. The zero-order chi connectivity index (χ0) is 21.8. The molecule has 5 nitrogen and oxygen atoms in total. The first-order valence-electron chi connectivity index (χ1n) is 12.2. The van der Waals surface area contributed by atoms with Crippen molar-refractivity contribution in [3.63, 3.8) is 0 Å². The number of ether oxygens (including phenoxy) is 1. The largest absolute Gasteiger partial charge is 0.438 e. The molecule has 0 radical (unpaired) electrons. The van der Waals surface area contributed by atoms with Gasteiger partial charge in [-0.2, -0.15) is 0 Å². The van der Waals surface area contributed by atoms with Gasteiger partial charge in [0.1, 0.15) is 0 Å². The van der Waals surface area contributed by atoms with E-state index < -0.39 is 11.7 Å². The standard InChI is InChI=1S/C24H48N2O3/c1-4-6-7-8-9-10-11-12-13-14-15-16-17-18-19-20-23(28)26-24(5-2,21-25)29-22(3)27/h4-21,25H2,1-3H3,(H,26,28). The van der Waals surface area contributed by atoms with E-state index in [1.165, 1.54) is 90.4 Å². The lowest BCUT2D eigenvalue weighted by Crippen LogP contribution is -2.56. The average molecular weight is 413 g/mol. The normalized spacial score (nSPS) is 13.1. The lowest BCUT2D eigenvalue weighted by molar-refractivity contribution is -0.162. The molecule has 0 aliphatic heterocycles. The fourth-order valence-corrected chi connectivity index (χ4v) is 3.67. The second-order valence-corrected chi connectivity index (χ2v) is 8.39. The minimum Gasteiger partial charge on any atom is -0.438 e. The van der Waals surface area contributed by atoms with Crippen LogP contribution in [0.3, 0.4) is 0 Å². The van der Waals surface area contributed by atoms with Crippen LogP contribution in [-0.4, -0.2) is 24.1 Å². The molecule has 0 aromatic carbocycles. The molecule has 0 saturated heterocycles. The van der Waals surface area contributed by atoms with Gasteiger partial charge in [-0.05, 0) is 6.42 Å². The van der Waals surface area contributed by atoms with E-state index in [-0.39, 0.29) is 12.5 Å². The third kappa shape index (κ3) is 16.4. The van der Waals surface area contributed by atoms with Crippen LogP contribution in [-0.2, 0) is 14.3 Å². The molecular formula is C24H48N2O3. The molecule has 0 aliphatic carbocycles. The van der Waals surface area contributed by atoms with Crippen LogP contribution in [0.4, 0.5) is 0 Å². The van der Waals surface area contributed by atoms with E-state index in [2.05, 4.69) is 12.2 Å². The molecule has 29 heavy (non-hydrogen) atoms. The highest BCUT2D eigenvalue weighted by Crippen LogP contribution is 2.15. The molecule has 0 saturated carbocycles. The predicted octanol–water partition coefficient (Wildman–Crippen LogP) is 5.99. The van der Waals surface area contributed by atoms with Gasteiger partial charge in [0.05, 0.1) is 6.54 Å². The van der Waals surface area contributed by atoms with Gasteiger partial charge in [-0.15, -0.1) is 0 Å². The maximum absolute atomic E-state index is 12.1. The molecule has 0 aliphatic rings. The molecule has 0 aromatic heterocycles. The SMILES string of the molecule is CCCCCCCCCCCCCCCCCC(=O)NC(CC)(CN)OC(C)=O. The smallest absolute Gasteiger partial charge is 0.304 e. The summed E-state index contributed by atoms with van der Waals surface area (Å²) < 4.78 is 5.24. The van der Waals surface area contributed by atoms with Gasteiger partial charge >= 0.3 is 5.97 Å². The summed E-state index contributed by atoms with van der Waals surface area (Å²) >= 11 is 0. The summed E-state index contributed by atoms with van der Waals surface area (Å²) in [5.74, 6) is -0.516. The quantitative estimate of drug-likeness (QED) is 0.146. The Kier molecular flexibility index (Phi) is 18.2. The molecule has 1 unspecified atom stereocenters. The molecule has 0 heterocycles. The van der Waals surface area contributed by atoms with Gasteiger partial charge in [-0.1, -0.05) is 104 Å². The number of esters is 1. The summed E-state index contributed by atoms with van der Waals surface area (Å²) in [6.45, 7) is 5.54. The zero-order valence-corrected chi connectivity index (χ0v) is 19.5. The first-order chi connectivity index (χ1) is 14.0. The van der Waals surface area contributed by atoms with Gasteiger partial charge in [0.2, 0.25) is 5.91 Å². The highest BCUT2D eigenvalue weighted by atomic mass is 16.6. The first-order valence-corrected chi connectivity index (χ1v) is 12.2. The van der Waals surface area contributed by atoms with Crippen LogP contribution in [0.5, 0.6) is 0 Å². The highest BCUT2D eigenvalue weighted by molar-refractivity contribution is 5.77. The monoisotopic (exact) mass is 412 g/mol. The van der Waals surface area contributed by atoms with E-state index in [0.717, 1.165) is 12.8 Å². The van der Waals surface area contributed by atoms with Crippen molar-refractivity contribution in [1.82, 2.24) is 5.32 Å². The molecule has 5 heteroatoms. The Bertz CT molecular complexity index is 409. The summed E-state index contributed by atoms with van der Waals surface area (Å²) in [4.78, 5) is 23.4. The van der Waals surface area contributed by atoms with Gasteiger partial charge in [0, 0.05) is 19.8 Å². The van der Waals surface area contributed by atoms with Gasteiger partial charge in [0.15, 0.2) is 5.72 Å². The van der Waals surface area contributed by atoms with Gasteiger partial charge in [-0.25, -0.2) is 0 Å². The Labute approximate surface area is 179 Å². The first kappa shape index (κ1) is 27.9. The Hall–Kier alpha value is -1.10. The number of unbranched alkanes of at least 4 members (excludes halogenated alkanes) is 14. The number of hydrogen-bond acceptors (Lipinski definition) is 4. The van der Waals surface area contributed by atoms with Crippen molar-refractivity contribution in [1.29, 1.82) is 0 Å². The summed E-state index contributed by atoms with van der Waals surface area (Å²) in [5.41, 5.74) is 4.65. The van der Waals surface area contributed by atoms with E-state index >= 15 is 0 Å². The second kappa shape index (κ2) is 18.9. The number of carbonyl (C=O) groups excluding carboxylic acids is 2. The van der Waals surface area contributed by atoms with Crippen LogP contribution in [0, 0.1) is 0 Å². The minimum absolute atomic E-state index is 0.0896. The number of hydrogen-bond donors (Lipinski definition) is 2. The molecule has 0 rings (SSSR count). The van der Waals surface area contributed by atoms with Crippen molar-refractivity contribution in [2.45, 2.75) is 136 Å². The maximum atomic E-state index is 12.1. The number of rotatable bonds is 20. The molecule has 0 fully saturated rings. The van der Waals surface area contributed by atoms with Gasteiger partial charge in [-0.3, -0.25) is 9.59 Å². The topological polar surface area (TPSA) is 81.4 Å². The van der Waals surface area contributed by atoms with Crippen LogP contribution < -0.4 is 11.1 Å². The Morgan fingerprint density at radius 3 is 1.52 bits per heavy atom. The summed E-state index contributed by atoms with van der Waals surface area (Å²) in [6, 6.07) is 0. The van der Waals surface area contributed by atoms with Crippen molar-refractivity contribution in [2.75, 3.05) is 6.54 Å². The Balaban J connectivity index is 3.54. The average Bonchev–Trinajstić information content (AvgIpc) is 2.70. The molecule has 3 N–H and O–H groups in total. The third-order valence-electron chi connectivity index (χ3n) is 5.61. The van der Waals surface area contributed by atoms with Gasteiger partial charge in [0.25, 0.3) is 0 Å². The Morgan fingerprint density at radius 2 is 1.17 bits per heavy atom. The summed E-state index contributed by atoms with van der Waals surface area (Å²) in [7, 11) is 0. The molecule has 1 atom stereocenters.